The topological polar surface area (TPSA) is 102 Å². The average molecular weight is 460 g/mol. The quantitative estimate of drug-likeness (QED) is 0.466. The molecule has 0 saturated carbocycles. The normalized spacial score (nSPS) is 15.8. The highest BCUT2D eigenvalue weighted by Gasteiger charge is 2.31. The molecule has 5 rings (SSSR count). The van der Waals surface area contributed by atoms with Crippen LogP contribution in [0.4, 0.5) is 22.0 Å². The number of fused-ring (bicyclic) bond motifs is 1. The minimum atomic E-state index is -0.480. The Labute approximate surface area is 196 Å². The number of rotatable bonds is 5. The zero-order chi connectivity index (χ0) is 24.0. The predicted octanol–water partition coefficient (Wildman–Crippen LogP) is 4.08. The van der Waals surface area contributed by atoms with Gasteiger partial charge in [-0.2, -0.15) is 4.98 Å². The number of primary amides is 1. The fourth-order valence-electron chi connectivity index (χ4n) is 4.46. The zero-order valence-electron chi connectivity index (χ0n) is 19.3. The SMILES string of the molecule is Cc1cc(-n2cnc(Nc3nc(N4CCC[C@H]4C(N)=O)nc4cccc(F)c34)c2)cc(C)c1C. The van der Waals surface area contributed by atoms with Gasteiger partial charge in [-0.15, -0.1) is 0 Å². The Morgan fingerprint density at radius 1 is 1.18 bits per heavy atom. The maximum absolute atomic E-state index is 14.8. The second-order valence-corrected chi connectivity index (χ2v) is 8.76. The van der Waals surface area contributed by atoms with Gasteiger partial charge in [0, 0.05) is 12.2 Å². The molecule has 1 fully saturated rings. The highest BCUT2D eigenvalue weighted by molar-refractivity contribution is 5.92. The molecule has 0 unspecified atom stereocenters. The Bertz CT molecular complexity index is 1390. The number of nitrogens with one attached hydrogen (secondary N) is 1. The smallest absolute Gasteiger partial charge is 0.240 e. The highest BCUT2D eigenvalue weighted by atomic mass is 19.1. The van der Waals surface area contributed by atoms with Gasteiger partial charge < -0.3 is 20.5 Å². The van der Waals surface area contributed by atoms with Crippen molar-refractivity contribution in [2.45, 2.75) is 39.7 Å². The maximum Gasteiger partial charge on any atom is 0.240 e. The predicted molar refractivity (Wildman–Crippen MR) is 130 cm³/mol. The Morgan fingerprint density at radius 2 is 1.94 bits per heavy atom. The van der Waals surface area contributed by atoms with Gasteiger partial charge in [0.1, 0.15) is 29.8 Å². The molecule has 0 aliphatic carbocycles. The minimum Gasteiger partial charge on any atom is -0.368 e. The number of carbonyl (C=O) groups is 1. The second-order valence-electron chi connectivity index (χ2n) is 8.76. The molecule has 2 aromatic heterocycles. The Kier molecular flexibility index (Phi) is 5.39. The van der Waals surface area contributed by atoms with Gasteiger partial charge in [-0.1, -0.05) is 6.07 Å². The van der Waals surface area contributed by atoms with Gasteiger partial charge in [0.2, 0.25) is 11.9 Å². The number of aromatic nitrogens is 4. The number of halogens is 1. The minimum absolute atomic E-state index is 0.262. The van der Waals surface area contributed by atoms with Crippen LogP contribution in [0, 0.1) is 26.6 Å². The number of nitrogens with zero attached hydrogens (tertiary/aromatic N) is 5. The Balaban J connectivity index is 1.55. The first-order valence-electron chi connectivity index (χ1n) is 11.2. The molecule has 1 aliphatic heterocycles. The van der Waals surface area contributed by atoms with Crippen LogP contribution in [0.15, 0.2) is 42.9 Å². The summed E-state index contributed by atoms with van der Waals surface area (Å²) in [7, 11) is 0. The van der Waals surface area contributed by atoms with E-state index in [1.807, 2.05) is 10.8 Å². The molecule has 3 heterocycles. The summed E-state index contributed by atoms with van der Waals surface area (Å²) in [5, 5.41) is 3.42. The van der Waals surface area contributed by atoms with Crippen LogP contribution in [0.3, 0.4) is 0 Å². The first kappa shape index (κ1) is 21.8. The standard InChI is InChI=1S/C25H26FN7O/c1-14-10-17(11-15(2)16(14)3)32-12-21(28-13-32)30-24-22-18(26)6-4-7-19(22)29-25(31-24)33-9-5-8-20(33)23(27)34/h4,6-7,10-13,20H,5,8-9H2,1-3H3,(H2,27,34)(H,29,30,31)/t20-/m0/s1. The lowest BCUT2D eigenvalue weighted by molar-refractivity contribution is -0.119. The number of aryl methyl sites for hydroxylation is 2. The summed E-state index contributed by atoms with van der Waals surface area (Å²) in [6.07, 6.45) is 4.99. The van der Waals surface area contributed by atoms with Gasteiger partial charge in [0.15, 0.2) is 0 Å². The van der Waals surface area contributed by atoms with Gasteiger partial charge in [-0.3, -0.25) is 4.79 Å². The van der Waals surface area contributed by atoms with E-state index in [1.165, 1.54) is 22.8 Å². The summed E-state index contributed by atoms with van der Waals surface area (Å²) < 4.78 is 16.7. The third-order valence-corrected chi connectivity index (χ3v) is 6.54. The Morgan fingerprint density at radius 3 is 2.68 bits per heavy atom. The number of carbonyl (C=O) groups excluding carboxylic acids is 1. The number of imidazole rings is 1. The van der Waals surface area contributed by atoms with Crippen LogP contribution < -0.4 is 16.0 Å². The number of amides is 1. The van der Waals surface area contributed by atoms with Crippen LogP contribution in [0.2, 0.25) is 0 Å². The van der Waals surface area contributed by atoms with Crippen molar-refractivity contribution in [1.82, 2.24) is 19.5 Å². The van der Waals surface area contributed by atoms with Crippen molar-refractivity contribution < 1.29 is 9.18 Å². The lowest BCUT2D eigenvalue weighted by Gasteiger charge is -2.23. The summed E-state index contributed by atoms with van der Waals surface area (Å²) >= 11 is 0. The summed E-state index contributed by atoms with van der Waals surface area (Å²) in [4.78, 5) is 27.3. The van der Waals surface area contributed by atoms with Crippen molar-refractivity contribution in [2.24, 2.45) is 5.73 Å². The molecular weight excluding hydrogens is 433 g/mol. The lowest BCUT2D eigenvalue weighted by atomic mass is 10.0. The fraction of sp³-hybridized carbons (Fsp3) is 0.280. The molecule has 1 amide bonds. The summed E-state index contributed by atoms with van der Waals surface area (Å²) in [6, 6.07) is 8.41. The molecule has 0 spiro atoms. The average Bonchev–Trinajstić information content (AvgIpc) is 3.47. The number of nitrogens with two attached hydrogens (primary N) is 1. The van der Waals surface area contributed by atoms with E-state index in [2.05, 4.69) is 53.2 Å². The largest absolute Gasteiger partial charge is 0.368 e. The van der Waals surface area contributed by atoms with Gasteiger partial charge >= 0.3 is 0 Å². The molecule has 9 heteroatoms. The molecule has 0 radical (unpaired) electrons. The fourth-order valence-corrected chi connectivity index (χ4v) is 4.46. The summed E-state index contributed by atoms with van der Waals surface area (Å²) in [5.74, 6) is 0.278. The van der Waals surface area contributed by atoms with E-state index in [1.54, 1.807) is 23.4 Å². The summed E-state index contributed by atoms with van der Waals surface area (Å²) in [5.41, 5.74) is 10.7. The molecule has 8 nitrogen and oxygen atoms in total. The second kappa shape index (κ2) is 8.40. The van der Waals surface area contributed by atoms with E-state index in [9.17, 15) is 9.18 Å². The molecule has 3 N–H and O–H groups in total. The van der Waals surface area contributed by atoms with Crippen molar-refractivity contribution >= 4 is 34.4 Å². The highest BCUT2D eigenvalue weighted by Crippen LogP contribution is 2.31. The number of hydrogen-bond donors (Lipinski definition) is 2. The number of hydrogen-bond acceptors (Lipinski definition) is 6. The van der Waals surface area contributed by atoms with Crippen LogP contribution >= 0.6 is 0 Å². The van der Waals surface area contributed by atoms with E-state index in [-0.39, 0.29) is 11.2 Å². The van der Waals surface area contributed by atoms with Gasteiger partial charge in [-0.25, -0.2) is 14.4 Å². The third kappa shape index (κ3) is 3.83. The maximum atomic E-state index is 14.8. The molecule has 4 aromatic rings. The molecule has 1 aliphatic rings. The molecule has 1 atom stereocenters. The van der Waals surface area contributed by atoms with Crippen LogP contribution in [0.1, 0.15) is 29.5 Å². The molecule has 2 aromatic carbocycles. The van der Waals surface area contributed by atoms with Crippen LogP contribution in [-0.4, -0.2) is 38.0 Å². The van der Waals surface area contributed by atoms with Gasteiger partial charge in [0.05, 0.1) is 17.1 Å². The number of benzene rings is 2. The van der Waals surface area contributed by atoms with E-state index >= 15 is 0 Å². The van der Waals surface area contributed by atoms with Gasteiger partial charge in [0.25, 0.3) is 0 Å². The van der Waals surface area contributed by atoms with Crippen LogP contribution in [0.25, 0.3) is 16.6 Å². The first-order valence-corrected chi connectivity index (χ1v) is 11.2. The molecular formula is C25H26FN7O. The zero-order valence-corrected chi connectivity index (χ0v) is 19.3. The van der Waals surface area contributed by atoms with Crippen molar-refractivity contribution in [3.8, 4) is 5.69 Å². The van der Waals surface area contributed by atoms with E-state index in [0.29, 0.717) is 30.2 Å². The van der Waals surface area contributed by atoms with Gasteiger partial charge in [-0.05, 0) is 74.6 Å². The van der Waals surface area contributed by atoms with Crippen molar-refractivity contribution in [2.75, 3.05) is 16.8 Å². The third-order valence-electron chi connectivity index (χ3n) is 6.54. The molecule has 174 valence electrons. The summed E-state index contributed by atoms with van der Waals surface area (Å²) in [6.45, 7) is 6.87. The lowest BCUT2D eigenvalue weighted by Crippen LogP contribution is -2.41. The van der Waals surface area contributed by atoms with Crippen LogP contribution in [-0.2, 0) is 4.79 Å². The Hall–Kier alpha value is -4.01. The van der Waals surface area contributed by atoms with Crippen molar-refractivity contribution in [3.05, 3.63) is 65.4 Å². The van der Waals surface area contributed by atoms with E-state index < -0.39 is 17.8 Å². The molecule has 34 heavy (non-hydrogen) atoms. The first-order chi connectivity index (χ1) is 16.3. The monoisotopic (exact) mass is 459 g/mol. The van der Waals surface area contributed by atoms with Crippen molar-refractivity contribution in [3.63, 3.8) is 0 Å². The van der Waals surface area contributed by atoms with Crippen molar-refractivity contribution in [1.29, 1.82) is 0 Å². The molecule has 0 bridgehead atoms. The van der Waals surface area contributed by atoms with Crippen LogP contribution in [0.5, 0.6) is 0 Å². The molecule has 1 saturated heterocycles. The van der Waals surface area contributed by atoms with E-state index in [4.69, 9.17) is 5.73 Å². The van der Waals surface area contributed by atoms with E-state index in [0.717, 1.165) is 12.1 Å². The number of anilines is 3.